The Morgan fingerprint density at radius 2 is 1.89 bits per heavy atom. The third kappa shape index (κ3) is 8.22. The molecule has 1 saturated heterocycles. The maximum absolute atomic E-state index is 11.6. The molecule has 1 fully saturated rings. The summed E-state index contributed by atoms with van der Waals surface area (Å²) in [5.41, 5.74) is 0.00182. The van der Waals surface area contributed by atoms with Crippen molar-refractivity contribution in [2.75, 3.05) is 32.7 Å². The minimum absolute atomic E-state index is 0.00182. The molecule has 0 unspecified atom stereocenters. The second-order valence-electron chi connectivity index (χ2n) is 6.83. The van der Waals surface area contributed by atoms with Gasteiger partial charge >= 0.3 is 0 Å². The van der Waals surface area contributed by atoms with Crippen molar-refractivity contribution in [1.29, 1.82) is 0 Å². The third-order valence-corrected chi connectivity index (χ3v) is 3.63. The van der Waals surface area contributed by atoms with Crippen molar-refractivity contribution in [2.45, 2.75) is 52.5 Å². The lowest BCUT2D eigenvalue weighted by molar-refractivity contribution is -0.120. The van der Waals surface area contributed by atoms with Gasteiger partial charge in [0.05, 0.1) is 6.54 Å². The summed E-state index contributed by atoms with van der Waals surface area (Å²) in [5.74, 6) is 0.988. The molecular formula is C15H31N3O. The van der Waals surface area contributed by atoms with E-state index in [4.69, 9.17) is 0 Å². The topological polar surface area (TPSA) is 44.4 Å². The van der Waals surface area contributed by atoms with Crippen LogP contribution in [0, 0.1) is 5.92 Å². The summed E-state index contributed by atoms with van der Waals surface area (Å²) in [6.07, 6.45) is 3.69. The zero-order valence-corrected chi connectivity index (χ0v) is 13.1. The molecule has 0 aromatic heterocycles. The van der Waals surface area contributed by atoms with Gasteiger partial charge in [-0.2, -0.15) is 0 Å². The molecule has 1 rings (SSSR count). The zero-order valence-electron chi connectivity index (χ0n) is 13.1. The van der Waals surface area contributed by atoms with E-state index in [-0.39, 0.29) is 11.4 Å². The summed E-state index contributed by atoms with van der Waals surface area (Å²) in [5, 5.41) is 6.17. The second-order valence-corrected chi connectivity index (χ2v) is 6.83. The smallest absolute Gasteiger partial charge is 0.233 e. The predicted octanol–water partition coefficient (Wildman–Crippen LogP) is 1.61. The average Bonchev–Trinajstić information content (AvgIpc) is 2.33. The van der Waals surface area contributed by atoms with E-state index in [1.165, 1.54) is 25.9 Å². The Bertz CT molecular complexity index is 265. The van der Waals surface area contributed by atoms with Crippen LogP contribution in [0.15, 0.2) is 0 Å². The highest BCUT2D eigenvalue weighted by atomic mass is 16.1. The molecule has 1 aliphatic heterocycles. The molecule has 19 heavy (non-hydrogen) atoms. The number of nitrogens with one attached hydrogen (secondary N) is 2. The van der Waals surface area contributed by atoms with Crippen LogP contribution >= 0.6 is 0 Å². The fourth-order valence-electron chi connectivity index (χ4n) is 2.22. The first-order valence-corrected chi connectivity index (χ1v) is 7.61. The molecule has 1 amide bonds. The Kier molecular flexibility index (Phi) is 6.80. The van der Waals surface area contributed by atoms with Crippen LogP contribution < -0.4 is 10.6 Å². The standard InChI is InChI=1S/C15H31N3O/c1-13-6-10-18(11-7-13)9-5-8-16-14(19)12-17-15(2,3)4/h13,17H,5-12H2,1-4H3,(H,16,19). The summed E-state index contributed by atoms with van der Waals surface area (Å²) in [4.78, 5) is 14.1. The first-order chi connectivity index (χ1) is 8.87. The Labute approximate surface area is 118 Å². The number of nitrogens with zero attached hydrogens (tertiary/aromatic N) is 1. The maximum atomic E-state index is 11.6. The normalized spacial score (nSPS) is 18.5. The molecule has 0 aromatic carbocycles. The van der Waals surface area contributed by atoms with Crippen molar-refractivity contribution in [2.24, 2.45) is 5.92 Å². The molecule has 1 aliphatic rings. The minimum atomic E-state index is 0.00182. The first kappa shape index (κ1) is 16.4. The minimum Gasteiger partial charge on any atom is -0.355 e. The molecule has 0 aliphatic carbocycles. The number of piperidine rings is 1. The van der Waals surface area contributed by atoms with E-state index in [1.807, 2.05) is 0 Å². The lowest BCUT2D eigenvalue weighted by Gasteiger charge is -2.30. The van der Waals surface area contributed by atoms with Crippen LogP contribution in [0.2, 0.25) is 0 Å². The van der Waals surface area contributed by atoms with Gasteiger partial charge in [-0.3, -0.25) is 4.79 Å². The Balaban J connectivity index is 2.00. The molecular weight excluding hydrogens is 238 g/mol. The molecule has 4 nitrogen and oxygen atoms in total. The van der Waals surface area contributed by atoms with Gasteiger partial charge in [0.2, 0.25) is 5.91 Å². The Morgan fingerprint density at radius 1 is 1.26 bits per heavy atom. The van der Waals surface area contributed by atoms with Gasteiger partial charge in [-0.1, -0.05) is 6.92 Å². The molecule has 0 atom stereocenters. The van der Waals surface area contributed by atoms with E-state index in [0.29, 0.717) is 6.54 Å². The van der Waals surface area contributed by atoms with Gasteiger partial charge in [-0.25, -0.2) is 0 Å². The quantitative estimate of drug-likeness (QED) is 0.720. The number of hydrogen-bond acceptors (Lipinski definition) is 3. The van der Waals surface area contributed by atoms with Crippen LogP contribution in [0.4, 0.5) is 0 Å². The number of carbonyl (C=O) groups is 1. The van der Waals surface area contributed by atoms with Crippen LogP contribution in [0.25, 0.3) is 0 Å². The molecule has 0 bridgehead atoms. The fourth-order valence-corrected chi connectivity index (χ4v) is 2.22. The maximum Gasteiger partial charge on any atom is 0.233 e. The van der Waals surface area contributed by atoms with E-state index in [1.54, 1.807) is 0 Å². The highest BCUT2D eigenvalue weighted by Crippen LogP contribution is 2.15. The lowest BCUT2D eigenvalue weighted by Crippen LogP contribution is -2.43. The van der Waals surface area contributed by atoms with Crippen LogP contribution in [0.1, 0.15) is 47.0 Å². The molecule has 2 N–H and O–H groups in total. The van der Waals surface area contributed by atoms with Crippen molar-refractivity contribution < 1.29 is 4.79 Å². The molecule has 0 saturated carbocycles. The van der Waals surface area contributed by atoms with Gasteiger partial charge in [-0.15, -0.1) is 0 Å². The van der Waals surface area contributed by atoms with Crippen LogP contribution in [-0.4, -0.2) is 49.1 Å². The molecule has 0 radical (unpaired) electrons. The van der Waals surface area contributed by atoms with Gasteiger partial charge < -0.3 is 15.5 Å². The van der Waals surface area contributed by atoms with E-state index < -0.39 is 0 Å². The Hall–Kier alpha value is -0.610. The van der Waals surface area contributed by atoms with Gasteiger partial charge in [-0.05, 0) is 65.6 Å². The molecule has 112 valence electrons. The SMILES string of the molecule is CC1CCN(CCCNC(=O)CNC(C)(C)C)CC1. The molecule has 0 aromatic rings. The van der Waals surface area contributed by atoms with Crippen molar-refractivity contribution in [1.82, 2.24) is 15.5 Å². The van der Waals surface area contributed by atoms with E-state index in [9.17, 15) is 4.79 Å². The summed E-state index contributed by atoms with van der Waals surface area (Å²) < 4.78 is 0. The summed E-state index contributed by atoms with van der Waals surface area (Å²) in [6, 6.07) is 0. The number of likely N-dealkylation sites (tertiary alicyclic amines) is 1. The van der Waals surface area contributed by atoms with Gasteiger partial charge in [0.25, 0.3) is 0 Å². The monoisotopic (exact) mass is 269 g/mol. The fraction of sp³-hybridized carbons (Fsp3) is 0.933. The summed E-state index contributed by atoms with van der Waals surface area (Å²) in [7, 11) is 0. The number of carbonyl (C=O) groups excluding carboxylic acids is 1. The van der Waals surface area contributed by atoms with Crippen LogP contribution in [-0.2, 0) is 4.79 Å². The average molecular weight is 269 g/mol. The van der Waals surface area contributed by atoms with Crippen molar-refractivity contribution in [3.05, 3.63) is 0 Å². The summed E-state index contributed by atoms with van der Waals surface area (Å²) >= 11 is 0. The highest BCUT2D eigenvalue weighted by molar-refractivity contribution is 5.78. The number of amides is 1. The third-order valence-electron chi connectivity index (χ3n) is 3.63. The summed E-state index contributed by atoms with van der Waals surface area (Å²) in [6.45, 7) is 13.3. The van der Waals surface area contributed by atoms with Crippen LogP contribution in [0.5, 0.6) is 0 Å². The first-order valence-electron chi connectivity index (χ1n) is 7.61. The van der Waals surface area contributed by atoms with Gasteiger partial charge in [0.15, 0.2) is 0 Å². The van der Waals surface area contributed by atoms with Crippen molar-refractivity contribution in [3.63, 3.8) is 0 Å². The molecule has 1 heterocycles. The molecule has 4 heteroatoms. The number of rotatable bonds is 6. The Morgan fingerprint density at radius 3 is 2.47 bits per heavy atom. The van der Waals surface area contributed by atoms with E-state index in [2.05, 4.69) is 43.2 Å². The lowest BCUT2D eigenvalue weighted by atomic mass is 9.99. The van der Waals surface area contributed by atoms with Gasteiger partial charge in [0, 0.05) is 12.1 Å². The van der Waals surface area contributed by atoms with Gasteiger partial charge in [0.1, 0.15) is 0 Å². The zero-order chi connectivity index (χ0) is 14.3. The second kappa shape index (κ2) is 7.85. The number of hydrogen-bond donors (Lipinski definition) is 2. The van der Waals surface area contributed by atoms with Crippen molar-refractivity contribution >= 4 is 5.91 Å². The van der Waals surface area contributed by atoms with E-state index >= 15 is 0 Å². The largest absolute Gasteiger partial charge is 0.355 e. The van der Waals surface area contributed by atoms with Crippen LogP contribution in [0.3, 0.4) is 0 Å². The predicted molar refractivity (Wildman–Crippen MR) is 80.2 cm³/mol. The van der Waals surface area contributed by atoms with Crippen molar-refractivity contribution in [3.8, 4) is 0 Å². The van der Waals surface area contributed by atoms with E-state index in [0.717, 1.165) is 25.4 Å². The highest BCUT2D eigenvalue weighted by Gasteiger charge is 2.15. The molecule has 0 spiro atoms.